The minimum absolute atomic E-state index is 0.00186. The molecule has 1 saturated heterocycles. The number of para-hydroxylation sites is 1. The Morgan fingerprint density at radius 3 is 2.00 bits per heavy atom. The van der Waals surface area contributed by atoms with Crippen LogP contribution in [0, 0.1) is 25.2 Å². The summed E-state index contributed by atoms with van der Waals surface area (Å²) < 4.78 is 78.9. The minimum atomic E-state index is -5.03. The minimum Gasteiger partial charge on any atom is -0.326 e. The number of carbonyl (C=O) groups excluding carboxylic acids is 2. The predicted molar refractivity (Wildman–Crippen MR) is 109 cm³/mol. The fourth-order valence-electron chi connectivity index (χ4n) is 4.78. The predicted octanol–water partition coefficient (Wildman–Crippen LogP) is 5.72. The lowest BCUT2D eigenvalue weighted by Gasteiger charge is -2.40. The van der Waals surface area contributed by atoms with Gasteiger partial charge in [-0.05, 0) is 56.0 Å². The number of alkyl halides is 6. The molecular weight excluding hydrogens is 450 g/mol. The second-order valence-corrected chi connectivity index (χ2v) is 8.66. The number of anilines is 2. The summed E-state index contributed by atoms with van der Waals surface area (Å²) in [6.45, 7) is 3.66. The molecule has 1 aliphatic heterocycles. The third-order valence-electron chi connectivity index (χ3n) is 6.56. The zero-order valence-corrected chi connectivity index (χ0v) is 17.7. The molecule has 1 saturated carbocycles. The van der Waals surface area contributed by atoms with Crippen LogP contribution in [-0.2, 0) is 21.9 Å². The fourth-order valence-corrected chi connectivity index (χ4v) is 4.78. The molecule has 0 unspecified atom stereocenters. The van der Waals surface area contributed by atoms with E-state index in [4.69, 9.17) is 0 Å². The Labute approximate surface area is 185 Å². The van der Waals surface area contributed by atoms with Crippen LogP contribution in [0.5, 0.6) is 0 Å². The van der Waals surface area contributed by atoms with Crippen LogP contribution < -0.4 is 10.2 Å². The van der Waals surface area contributed by atoms with Crippen molar-refractivity contribution >= 4 is 23.2 Å². The number of benzene rings is 2. The lowest BCUT2D eigenvalue weighted by atomic mass is 9.61. The SMILES string of the molecule is Cc1cccc(C)c1N1C[C@]2(C(=O)Nc3cc(C(F)(F)F)cc(C(F)(F)F)c3)CC[C@H]2C1=O. The van der Waals surface area contributed by atoms with Crippen LogP contribution in [0.3, 0.4) is 0 Å². The molecule has 0 aromatic heterocycles. The van der Waals surface area contributed by atoms with Gasteiger partial charge in [0.1, 0.15) is 0 Å². The van der Waals surface area contributed by atoms with Crippen LogP contribution in [0.2, 0.25) is 0 Å². The van der Waals surface area contributed by atoms with E-state index in [0.29, 0.717) is 30.7 Å². The van der Waals surface area contributed by atoms with E-state index < -0.39 is 46.4 Å². The van der Waals surface area contributed by atoms with Crippen molar-refractivity contribution in [1.82, 2.24) is 0 Å². The second kappa shape index (κ2) is 7.50. The summed E-state index contributed by atoms with van der Waals surface area (Å²) in [6, 6.07) is 6.42. The van der Waals surface area contributed by atoms with Crippen molar-refractivity contribution in [1.29, 1.82) is 0 Å². The molecule has 2 aromatic carbocycles. The second-order valence-electron chi connectivity index (χ2n) is 8.66. The molecule has 0 radical (unpaired) electrons. The molecule has 2 amide bonds. The van der Waals surface area contributed by atoms with Crippen molar-refractivity contribution < 1.29 is 35.9 Å². The average molecular weight is 470 g/mol. The smallest absolute Gasteiger partial charge is 0.326 e. The topological polar surface area (TPSA) is 49.4 Å². The van der Waals surface area contributed by atoms with E-state index in [0.717, 1.165) is 11.1 Å². The number of fused-ring (bicyclic) bond motifs is 1. The maximum atomic E-state index is 13.2. The Hall–Kier alpha value is -3.04. The van der Waals surface area contributed by atoms with Gasteiger partial charge in [-0.25, -0.2) is 0 Å². The largest absolute Gasteiger partial charge is 0.416 e. The standard InChI is InChI=1S/C23H20F6N2O2/c1-12-4-3-5-13(2)18(12)31-11-21(7-6-17(21)19(31)32)20(33)30-16-9-14(22(24,25)26)8-15(10-16)23(27,28)29/h3-5,8-10,17H,6-7,11H2,1-2H3,(H,30,33)/t17-,21+/m0/s1. The first kappa shape index (κ1) is 23.1. The number of halogens is 6. The van der Waals surface area contributed by atoms with Crippen molar-refractivity contribution in [3.8, 4) is 0 Å². The van der Waals surface area contributed by atoms with Gasteiger partial charge in [-0.15, -0.1) is 0 Å². The first-order valence-corrected chi connectivity index (χ1v) is 10.2. The van der Waals surface area contributed by atoms with Crippen molar-refractivity contribution in [3.63, 3.8) is 0 Å². The number of hydrogen-bond acceptors (Lipinski definition) is 2. The van der Waals surface area contributed by atoms with Crippen LogP contribution in [0.1, 0.15) is 35.1 Å². The van der Waals surface area contributed by atoms with Crippen LogP contribution in [0.4, 0.5) is 37.7 Å². The third kappa shape index (κ3) is 3.85. The summed E-state index contributed by atoms with van der Waals surface area (Å²) in [7, 11) is 0. The zero-order valence-electron chi connectivity index (χ0n) is 17.7. The van der Waals surface area contributed by atoms with Crippen molar-refractivity contribution in [2.24, 2.45) is 11.3 Å². The number of amides is 2. The molecule has 1 heterocycles. The van der Waals surface area contributed by atoms with Gasteiger partial charge in [0.2, 0.25) is 11.8 Å². The summed E-state index contributed by atoms with van der Waals surface area (Å²) in [6.07, 6.45) is -9.33. The molecule has 2 aliphatic rings. The van der Waals surface area contributed by atoms with Gasteiger partial charge in [0.15, 0.2) is 0 Å². The summed E-state index contributed by atoms with van der Waals surface area (Å²) in [5.41, 5.74) is -2.54. The van der Waals surface area contributed by atoms with E-state index in [1.54, 1.807) is 0 Å². The third-order valence-corrected chi connectivity index (χ3v) is 6.56. The van der Waals surface area contributed by atoms with E-state index in [2.05, 4.69) is 5.32 Å². The fraction of sp³-hybridized carbons (Fsp3) is 0.391. The summed E-state index contributed by atoms with van der Waals surface area (Å²) in [4.78, 5) is 27.7. The summed E-state index contributed by atoms with van der Waals surface area (Å²) in [5.74, 6) is -1.70. The van der Waals surface area contributed by atoms with Crippen molar-refractivity contribution in [2.45, 2.75) is 39.0 Å². The van der Waals surface area contributed by atoms with Gasteiger partial charge in [-0.1, -0.05) is 18.2 Å². The quantitative estimate of drug-likeness (QED) is 0.584. The molecule has 2 atom stereocenters. The molecule has 33 heavy (non-hydrogen) atoms. The molecule has 1 N–H and O–H groups in total. The Morgan fingerprint density at radius 1 is 1.00 bits per heavy atom. The number of nitrogens with one attached hydrogen (secondary N) is 1. The van der Waals surface area contributed by atoms with Gasteiger partial charge in [-0.2, -0.15) is 26.3 Å². The first-order chi connectivity index (χ1) is 15.2. The maximum absolute atomic E-state index is 13.2. The number of nitrogens with zero attached hydrogens (tertiary/aromatic N) is 1. The van der Waals surface area contributed by atoms with E-state index in [1.807, 2.05) is 32.0 Å². The molecule has 10 heteroatoms. The van der Waals surface area contributed by atoms with Gasteiger partial charge in [0.05, 0.1) is 22.5 Å². The van der Waals surface area contributed by atoms with E-state index in [9.17, 15) is 35.9 Å². The van der Waals surface area contributed by atoms with Crippen molar-refractivity contribution in [2.75, 3.05) is 16.8 Å². The molecule has 2 fully saturated rings. The van der Waals surface area contributed by atoms with Gasteiger partial charge in [-0.3, -0.25) is 9.59 Å². The van der Waals surface area contributed by atoms with Gasteiger partial charge in [0.25, 0.3) is 0 Å². The van der Waals surface area contributed by atoms with Crippen LogP contribution >= 0.6 is 0 Å². The lowest BCUT2D eigenvalue weighted by Crippen LogP contribution is -2.50. The van der Waals surface area contributed by atoms with E-state index in [-0.39, 0.29) is 18.5 Å². The molecule has 176 valence electrons. The van der Waals surface area contributed by atoms with Gasteiger partial charge in [0, 0.05) is 17.9 Å². The summed E-state index contributed by atoms with van der Waals surface area (Å²) in [5, 5.41) is 2.24. The lowest BCUT2D eigenvalue weighted by molar-refractivity contribution is -0.143. The molecule has 0 spiro atoms. The molecule has 4 rings (SSSR count). The highest BCUT2D eigenvalue weighted by Crippen LogP contribution is 2.55. The van der Waals surface area contributed by atoms with Crippen LogP contribution in [0.15, 0.2) is 36.4 Å². The van der Waals surface area contributed by atoms with Gasteiger partial charge < -0.3 is 10.2 Å². The number of rotatable bonds is 3. The Balaban J connectivity index is 1.66. The van der Waals surface area contributed by atoms with Crippen LogP contribution in [-0.4, -0.2) is 18.4 Å². The molecule has 1 aliphatic carbocycles. The van der Waals surface area contributed by atoms with E-state index in [1.165, 1.54) is 4.90 Å². The Morgan fingerprint density at radius 2 is 1.55 bits per heavy atom. The number of hydrogen-bond donors (Lipinski definition) is 1. The summed E-state index contributed by atoms with van der Waals surface area (Å²) >= 11 is 0. The zero-order chi connectivity index (χ0) is 24.3. The number of aryl methyl sites for hydroxylation is 2. The molecule has 0 bridgehead atoms. The van der Waals surface area contributed by atoms with Crippen molar-refractivity contribution in [3.05, 3.63) is 58.7 Å². The highest BCUT2D eigenvalue weighted by molar-refractivity contribution is 6.09. The molecule has 2 aromatic rings. The van der Waals surface area contributed by atoms with Crippen LogP contribution in [0.25, 0.3) is 0 Å². The first-order valence-electron chi connectivity index (χ1n) is 10.2. The highest BCUT2D eigenvalue weighted by atomic mass is 19.4. The highest BCUT2D eigenvalue weighted by Gasteiger charge is 2.63. The molecule has 4 nitrogen and oxygen atoms in total. The number of carbonyl (C=O) groups is 2. The monoisotopic (exact) mass is 470 g/mol. The van der Waals surface area contributed by atoms with E-state index >= 15 is 0 Å². The molecular formula is C23H20F6N2O2. The maximum Gasteiger partial charge on any atom is 0.416 e. The van der Waals surface area contributed by atoms with Gasteiger partial charge >= 0.3 is 12.4 Å². The Kier molecular flexibility index (Phi) is 5.25. The average Bonchev–Trinajstić information content (AvgIpc) is 2.86. The normalized spacial score (nSPS) is 22.7. The Bertz CT molecular complexity index is 1090.